The molecule has 0 aromatic rings. The molecule has 0 aliphatic carbocycles. The molecule has 0 heterocycles. The van der Waals surface area contributed by atoms with Crippen molar-refractivity contribution in [2.45, 2.75) is 6.42 Å². The van der Waals surface area contributed by atoms with Gasteiger partial charge in [0.2, 0.25) is 0 Å². The van der Waals surface area contributed by atoms with E-state index in [-0.39, 0.29) is 5.97 Å². The summed E-state index contributed by atoms with van der Waals surface area (Å²) in [7, 11) is 1.36. The number of methoxy groups -OCH3 is 1. The van der Waals surface area contributed by atoms with Gasteiger partial charge in [0.1, 0.15) is 0 Å². The van der Waals surface area contributed by atoms with Gasteiger partial charge < -0.3 is 0 Å². The Morgan fingerprint density at radius 3 is 2.78 bits per heavy atom. The van der Waals surface area contributed by atoms with E-state index in [1.807, 2.05) is 0 Å². The third-order valence-corrected chi connectivity index (χ3v) is 1.91. The van der Waals surface area contributed by atoms with E-state index in [0.717, 1.165) is 19.4 Å². The SMILES string of the molecule is [CH-]=CC[C](=[W])C(=O)OC. The molecule has 0 spiro atoms. The third-order valence-electron chi connectivity index (χ3n) is 0.716. The molecule has 0 saturated carbocycles. The molecule has 0 fully saturated rings. The number of allylic oxidation sites excluding steroid dienone is 1. The monoisotopic (exact) mass is 295 g/mol. The van der Waals surface area contributed by atoms with E-state index in [2.05, 4.69) is 4.74 Å². The Morgan fingerprint density at radius 2 is 2.44 bits per heavy atom. The summed E-state index contributed by atoms with van der Waals surface area (Å²) in [5, 5.41) is 0. The maximum atomic E-state index is 10.6. The second-order valence-corrected chi connectivity index (χ2v) is 3.13. The van der Waals surface area contributed by atoms with E-state index >= 15 is 0 Å². The van der Waals surface area contributed by atoms with Gasteiger partial charge in [-0.1, -0.05) is 0 Å². The fraction of sp³-hybridized carbons (Fsp3) is 0.333. The standard InChI is InChI=1S/C6H7O2.W/c1-3-4-5-6(7)8-2;/h1,3H,4H2,2H3;/q-1;. The molecule has 0 rings (SSSR count). The van der Waals surface area contributed by atoms with E-state index in [4.69, 9.17) is 6.58 Å². The Hall–Kier alpha value is -0.232. The molecule has 0 aliphatic heterocycles. The quantitative estimate of drug-likeness (QED) is 0.551. The van der Waals surface area contributed by atoms with Crippen LogP contribution in [0.1, 0.15) is 6.42 Å². The van der Waals surface area contributed by atoms with Crippen molar-refractivity contribution in [3.05, 3.63) is 12.7 Å². The molecule has 2 nitrogen and oxygen atoms in total. The molecule has 0 atom stereocenters. The molecule has 0 saturated heterocycles. The molecule has 0 aliphatic rings. The molecule has 0 N–H and O–H groups in total. The van der Waals surface area contributed by atoms with Gasteiger partial charge >= 0.3 is 64.9 Å². The first kappa shape index (κ1) is 8.77. The minimum absolute atomic E-state index is 0.258. The van der Waals surface area contributed by atoms with Crippen LogP contribution in [0.15, 0.2) is 6.08 Å². The zero-order valence-electron chi connectivity index (χ0n) is 5.09. The van der Waals surface area contributed by atoms with Crippen molar-refractivity contribution in [1.29, 1.82) is 0 Å². The summed E-state index contributed by atoms with van der Waals surface area (Å²) >= 11 is 1.11. The summed E-state index contributed by atoms with van der Waals surface area (Å²) in [5.74, 6) is -0.258. The Morgan fingerprint density at radius 1 is 1.89 bits per heavy atom. The van der Waals surface area contributed by atoms with Gasteiger partial charge in [0.25, 0.3) is 0 Å². The zero-order chi connectivity index (χ0) is 7.28. The molecule has 0 radical (unpaired) electrons. The first-order valence-corrected chi connectivity index (χ1v) is 3.83. The summed E-state index contributed by atoms with van der Waals surface area (Å²) in [6.45, 7) is 5.08. The third kappa shape index (κ3) is 3.36. The van der Waals surface area contributed by atoms with Crippen LogP contribution in [0.25, 0.3) is 0 Å². The molecule has 0 bridgehead atoms. The van der Waals surface area contributed by atoms with Crippen LogP contribution < -0.4 is 0 Å². The normalized spacial score (nSPS) is 8.11. The van der Waals surface area contributed by atoms with Crippen LogP contribution in [0.2, 0.25) is 0 Å². The number of esters is 1. The number of hydrogen-bond acceptors (Lipinski definition) is 2. The maximum absolute atomic E-state index is 10.6. The predicted molar refractivity (Wildman–Crippen MR) is 30.5 cm³/mol. The molecule has 9 heavy (non-hydrogen) atoms. The van der Waals surface area contributed by atoms with Crippen LogP contribution in [0.4, 0.5) is 0 Å². The summed E-state index contributed by atoms with van der Waals surface area (Å²) in [6.07, 6.45) is 1.97. The molecule has 3 heteroatoms. The van der Waals surface area contributed by atoms with Gasteiger partial charge in [0.05, 0.1) is 0 Å². The van der Waals surface area contributed by atoms with E-state index in [1.165, 1.54) is 13.2 Å². The summed E-state index contributed by atoms with van der Waals surface area (Å²) < 4.78 is 5.14. The van der Waals surface area contributed by atoms with Gasteiger partial charge in [-0.3, -0.25) is 0 Å². The topological polar surface area (TPSA) is 26.3 Å². The van der Waals surface area contributed by atoms with Crippen molar-refractivity contribution < 1.29 is 28.9 Å². The van der Waals surface area contributed by atoms with Crippen LogP contribution in [0.5, 0.6) is 0 Å². The van der Waals surface area contributed by atoms with E-state index in [1.54, 1.807) is 0 Å². The number of ether oxygens (including phenoxy) is 1. The first-order chi connectivity index (χ1) is 4.22. The number of carbonyl (C=O) groups is 1. The predicted octanol–water partition coefficient (Wildman–Crippen LogP) is 0.258. The van der Waals surface area contributed by atoms with E-state index in [9.17, 15) is 4.79 Å². The second kappa shape index (κ2) is 4.63. The van der Waals surface area contributed by atoms with Gasteiger partial charge in [0.15, 0.2) is 0 Å². The summed E-state index contributed by atoms with van der Waals surface area (Å²) in [4.78, 5) is 10.6. The van der Waals surface area contributed by atoms with Crippen LogP contribution in [0, 0.1) is 6.58 Å². The second-order valence-electron chi connectivity index (χ2n) is 1.35. The Bertz CT molecular complexity index is 140. The van der Waals surface area contributed by atoms with E-state index in [0.29, 0.717) is 10.3 Å². The Labute approximate surface area is 65.3 Å². The van der Waals surface area contributed by atoms with Crippen molar-refractivity contribution in [3.63, 3.8) is 0 Å². The van der Waals surface area contributed by atoms with Gasteiger partial charge in [-0.15, -0.1) is 0 Å². The van der Waals surface area contributed by atoms with Crippen LogP contribution in [-0.2, 0) is 28.9 Å². The number of carbonyl (C=O) groups excluding carboxylic acids is 1. The minimum atomic E-state index is -0.258. The fourth-order valence-corrected chi connectivity index (χ4v) is 0.949. The van der Waals surface area contributed by atoms with E-state index < -0.39 is 0 Å². The van der Waals surface area contributed by atoms with Crippen molar-refractivity contribution in [1.82, 2.24) is 0 Å². The summed E-state index contributed by atoms with van der Waals surface area (Å²) in [6, 6.07) is 0. The number of rotatable bonds is 3. The fourth-order valence-electron chi connectivity index (χ4n) is 0.304. The Kier molecular flexibility index (Phi) is 4.51. The molecule has 50 valence electrons. The van der Waals surface area contributed by atoms with Crippen molar-refractivity contribution in [2.24, 2.45) is 0 Å². The van der Waals surface area contributed by atoms with Gasteiger partial charge in [-0.05, 0) is 0 Å². The number of hydrogen-bond donors (Lipinski definition) is 0. The van der Waals surface area contributed by atoms with Crippen LogP contribution in [0.3, 0.4) is 0 Å². The zero-order valence-corrected chi connectivity index (χ0v) is 8.02. The van der Waals surface area contributed by atoms with Gasteiger partial charge in [0, 0.05) is 0 Å². The molecular formula is C6H7O2W-. The molecular weight excluding hydrogens is 288 g/mol. The van der Waals surface area contributed by atoms with Crippen molar-refractivity contribution in [2.75, 3.05) is 7.11 Å². The average Bonchev–Trinajstić information content (AvgIpc) is 1.87. The molecule has 0 unspecified atom stereocenters. The molecule has 0 aromatic carbocycles. The van der Waals surface area contributed by atoms with Crippen LogP contribution in [-0.4, -0.2) is 17.0 Å². The average molecular weight is 295 g/mol. The van der Waals surface area contributed by atoms with Gasteiger partial charge in [-0.25, -0.2) is 0 Å². The van der Waals surface area contributed by atoms with Crippen molar-refractivity contribution >= 4 is 9.87 Å². The molecule has 0 aromatic heterocycles. The van der Waals surface area contributed by atoms with Crippen LogP contribution >= 0.6 is 0 Å². The van der Waals surface area contributed by atoms with Crippen molar-refractivity contribution in [3.8, 4) is 0 Å². The van der Waals surface area contributed by atoms with Gasteiger partial charge in [-0.2, -0.15) is 0 Å². The Balaban J connectivity index is 3.73. The first-order valence-electron chi connectivity index (χ1n) is 2.37. The summed E-state index contributed by atoms with van der Waals surface area (Å²) in [5.41, 5.74) is 0. The molecule has 0 amide bonds.